The molecule has 2 aliphatic rings. The van der Waals surface area contributed by atoms with Crippen molar-refractivity contribution in [3.8, 4) is 0 Å². The largest absolute Gasteiger partial charge is 0.483 e. The lowest BCUT2D eigenvalue weighted by molar-refractivity contribution is -0.124. The number of carbonyl (C=O) groups is 2. The van der Waals surface area contributed by atoms with Crippen molar-refractivity contribution in [3.05, 3.63) is 51.0 Å². The average molecular weight is 482 g/mol. The molecule has 4 rings (SSSR count). The molecule has 0 spiro atoms. The third-order valence-corrected chi connectivity index (χ3v) is 7.10. The maximum absolute atomic E-state index is 13.3. The molecule has 180 valence electrons. The van der Waals surface area contributed by atoms with E-state index in [1.54, 1.807) is 11.3 Å². The molecule has 0 radical (unpaired) electrons. The third kappa shape index (κ3) is 7.02. The van der Waals surface area contributed by atoms with Crippen LogP contribution in [0.2, 0.25) is 0 Å². The Labute approximate surface area is 195 Å². The van der Waals surface area contributed by atoms with Crippen molar-refractivity contribution in [1.29, 1.82) is 0 Å². The second-order valence-corrected chi connectivity index (χ2v) is 9.71. The highest BCUT2D eigenvalue weighted by molar-refractivity contribution is 7.11. The summed E-state index contributed by atoms with van der Waals surface area (Å²) in [6.07, 6.45) is 1.20. The van der Waals surface area contributed by atoms with E-state index in [1.807, 2.05) is 6.92 Å². The number of ether oxygens (including phenoxy) is 1. The van der Waals surface area contributed by atoms with Crippen molar-refractivity contribution in [2.24, 2.45) is 11.8 Å². The maximum Gasteiger partial charge on any atom is 0.290 e. The topological polar surface area (TPSA) is 91.8 Å². The Morgan fingerprint density at radius 3 is 2.67 bits per heavy atom. The molecule has 0 unspecified atom stereocenters. The first-order chi connectivity index (χ1) is 15.8. The first-order valence-corrected chi connectivity index (χ1v) is 11.7. The van der Waals surface area contributed by atoms with Crippen molar-refractivity contribution in [2.45, 2.75) is 45.9 Å². The minimum absolute atomic E-state index is 0.0891. The van der Waals surface area contributed by atoms with E-state index in [0.29, 0.717) is 24.0 Å². The molecule has 7 nitrogen and oxygen atoms in total. The quantitative estimate of drug-likeness (QED) is 0.616. The number of aromatic nitrogens is 1. The van der Waals surface area contributed by atoms with Crippen LogP contribution in [0.4, 0.5) is 8.78 Å². The summed E-state index contributed by atoms with van der Waals surface area (Å²) in [7, 11) is 0. The van der Waals surface area contributed by atoms with Crippen molar-refractivity contribution in [3.63, 3.8) is 0 Å². The number of carboxylic acid groups (broad SMARTS) is 1. The number of carbonyl (C=O) groups excluding carboxylic acids is 1. The molecule has 1 aromatic carbocycles. The van der Waals surface area contributed by atoms with Gasteiger partial charge in [0.2, 0.25) is 5.91 Å². The zero-order chi connectivity index (χ0) is 24.0. The number of fused-ring (bicyclic) bond motifs is 1. The fourth-order valence-corrected chi connectivity index (χ4v) is 5.59. The van der Waals surface area contributed by atoms with Crippen LogP contribution in [-0.2, 0) is 27.4 Å². The monoisotopic (exact) mass is 481 g/mol. The highest BCUT2D eigenvalue weighted by Gasteiger charge is 2.41. The van der Waals surface area contributed by atoms with Crippen LogP contribution in [0.25, 0.3) is 0 Å². The summed E-state index contributed by atoms with van der Waals surface area (Å²) < 4.78 is 32.5. The van der Waals surface area contributed by atoms with Gasteiger partial charge >= 0.3 is 0 Å². The van der Waals surface area contributed by atoms with Gasteiger partial charge in [-0.25, -0.2) is 13.8 Å². The van der Waals surface area contributed by atoms with Crippen molar-refractivity contribution < 1.29 is 28.2 Å². The average Bonchev–Trinajstić information content (AvgIpc) is 3.28. The lowest BCUT2D eigenvalue weighted by Gasteiger charge is -2.35. The van der Waals surface area contributed by atoms with Gasteiger partial charge in [0.05, 0.1) is 29.8 Å². The number of piperidine rings is 1. The molecular formula is C23H29F2N3O4S. The summed E-state index contributed by atoms with van der Waals surface area (Å²) in [4.78, 5) is 29.0. The van der Waals surface area contributed by atoms with Crippen LogP contribution >= 0.6 is 11.3 Å². The zero-order valence-electron chi connectivity index (χ0n) is 18.7. The van der Waals surface area contributed by atoms with Gasteiger partial charge in [-0.3, -0.25) is 14.5 Å². The molecule has 3 heterocycles. The number of halogens is 2. The molecule has 10 heteroatoms. The summed E-state index contributed by atoms with van der Waals surface area (Å²) in [5.74, 6) is -0.622. The van der Waals surface area contributed by atoms with Crippen LogP contribution in [-0.4, -0.2) is 53.2 Å². The van der Waals surface area contributed by atoms with Gasteiger partial charge in [-0.2, -0.15) is 0 Å². The Morgan fingerprint density at radius 1 is 1.33 bits per heavy atom. The number of nitrogens with one attached hydrogen (secondary N) is 1. The Bertz CT molecular complexity index is 951. The highest BCUT2D eigenvalue weighted by Crippen LogP contribution is 2.36. The van der Waals surface area contributed by atoms with Gasteiger partial charge < -0.3 is 15.2 Å². The number of thiazole rings is 1. The van der Waals surface area contributed by atoms with E-state index >= 15 is 0 Å². The molecule has 1 aromatic heterocycles. The van der Waals surface area contributed by atoms with Crippen molar-refractivity contribution in [2.75, 3.05) is 19.7 Å². The van der Waals surface area contributed by atoms with Crippen LogP contribution in [0.15, 0.2) is 18.2 Å². The Balaban J connectivity index is 0.000000968. The molecule has 2 aromatic rings. The molecule has 1 amide bonds. The van der Waals surface area contributed by atoms with Crippen LogP contribution < -0.4 is 5.32 Å². The second-order valence-electron chi connectivity index (χ2n) is 8.42. The van der Waals surface area contributed by atoms with Gasteiger partial charge in [-0.1, -0.05) is 0 Å². The van der Waals surface area contributed by atoms with Gasteiger partial charge in [0.1, 0.15) is 11.6 Å². The first kappa shape index (κ1) is 25.2. The van der Waals surface area contributed by atoms with E-state index in [1.165, 1.54) is 17.0 Å². The summed E-state index contributed by atoms with van der Waals surface area (Å²) >= 11 is 1.76. The maximum atomic E-state index is 13.3. The summed E-state index contributed by atoms with van der Waals surface area (Å²) in [5, 5.41) is 10.8. The molecule has 0 aliphatic carbocycles. The standard InChI is InChI=1S/C22H27F2N3O2S.CH2O2/c1-13-21(30-14(2)26-13)11-27-4-3-19-16(10-27)12-29-20(19)8-22(28)25-9-15-5-17(23)7-18(24)6-15;2-1-3/h5-7,16,19-20H,3-4,8-12H2,1-2H3,(H,25,28);1H,(H,2,3)/t16-,19-,20+;/m1./s1. The minimum atomic E-state index is -0.642. The molecule has 33 heavy (non-hydrogen) atoms. The number of aryl methyl sites for hydroxylation is 2. The molecular weight excluding hydrogens is 452 g/mol. The van der Waals surface area contributed by atoms with Crippen molar-refractivity contribution in [1.82, 2.24) is 15.2 Å². The number of amides is 1. The number of hydrogen-bond donors (Lipinski definition) is 2. The van der Waals surface area contributed by atoms with Gasteiger partial charge in [0.25, 0.3) is 6.47 Å². The molecule has 2 N–H and O–H groups in total. The third-order valence-electron chi connectivity index (χ3n) is 6.04. The van der Waals surface area contributed by atoms with E-state index in [4.69, 9.17) is 14.6 Å². The fourth-order valence-electron chi connectivity index (χ4n) is 4.61. The van der Waals surface area contributed by atoms with E-state index in [9.17, 15) is 13.6 Å². The van der Waals surface area contributed by atoms with Gasteiger partial charge in [-0.15, -0.1) is 11.3 Å². The van der Waals surface area contributed by atoms with E-state index < -0.39 is 11.6 Å². The predicted molar refractivity (Wildman–Crippen MR) is 120 cm³/mol. The van der Waals surface area contributed by atoms with Crippen LogP contribution in [0.5, 0.6) is 0 Å². The van der Waals surface area contributed by atoms with Crippen molar-refractivity contribution >= 4 is 23.7 Å². The summed E-state index contributed by atoms with van der Waals surface area (Å²) in [6, 6.07) is 3.28. The van der Waals surface area contributed by atoms with E-state index in [0.717, 1.165) is 42.8 Å². The molecule has 3 atom stereocenters. The van der Waals surface area contributed by atoms with Gasteiger partial charge in [-0.05, 0) is 50.4 Å². The number of rotatable bonds is 6. The fraction of sp³-hybridized carbons (Fsp3) is 0.522. The molecule has 0 bridgehead atoms. The van der Waals surface area contributed by atoms with Crippen LogP contribution in [0, 0.1) is 37.3 Å². The lowest BCUT2D eigenvalue weighted by atomic mass is 9.83. The zero-order valence-corrected chi connectivity index (χ0v) is 19.5. The molecule has 2 aliphatic heterocycles. The Morgan fingerprint density at radius 2 is 2.03 bits per heavy atom. The Hall–Kier alpha value is -2.43. The second kappa shape index (κ2) is 11.6. The summed E-state index contributed by atoms with van der Waals surface area (Å²) in [6.45, 7) is 7.53. The first-order valence-electron chi connectivity index (χ1n) is 10.9. The van der Waals surface area contributed by atoms with Gasteiger partial charge in [0, 0.05) is 36.5 Å². The molecule has 0 saturated carbocycles. The predicted octanol–water partition coefficient (Wildman–Crippen LogP) is 3.28. The SMILES string of the molecule is Cc1nc(C)c(CN2CC[C@@H]3[C@@H](CO[C@H]3CC(=O)NCc3cc(F)cc(F)c3)C2)s1.O=CO. The number of hydrogen-bond acceptors (Lipinski definition) is 6. The minimum Gasteiger partial charge on any atom is -0.483 e. The van der Waals surface area contributed by atoms with E-state index in [2.05, 4.69) is 22.1 Å². The number of nitrogens with zero attached hydrogens (tertiary/aromatic N) is 2. The van der Waals surface area contributed by atoms with E-state index in [-0.39, 0.29) is 31.4 Å². The number of benzene rings is 1. The van der Waals surface area contributed by atoms with Gasteiger partial charge in [0.15, 0.2) is 0 Å². The van der Waals surface area contributed by atoms with Crippen LogP contribution in [0.3, 0.4) is 0 Å². The summed E-state index contributed by atoms with van der Waals surface area (Å²) in [5.41, 5.74) is 1.53. The smallest absolute Gasteiger partial charge is 0.290 e. The molecule has 2 fully saturated rings. The lowest BCUT2D eigenvalue weighted by Crippen LogP contribution is -2.41. The number of likely N-dealkylation sites (tertiary alicyclic amines) is 1. The van der Waals surface area contributed by atoms with Crippen LogP contribution in [0.1, 0.15) is 34.0 Å². The normalized spacial score (nSPS) is 22.2. The Kier molecular flexibility index (Phi) is 8.87. The molecule has 2 saturated heterocycles. The highest BCUT2D eigenvalue weighted by atomic mass is 32.1.